The first-order chi connectivity index (χ1) is 12.3. The number of hydrogen-bond donors (Lipinski definition) is 1. The standard InChI is InChI=1S/C17H14Cl2N2O2S3/c18-13-3-1-11(2-4-13)12(9-16-20-21-17(24)25-16)10-26(22,23)15-7-5-14(19)6-8-15/h1-8,12H,9-10H2,(H,21,24). The summed E-state index contributed by atoms with van der Waals surface area (Å²) in [5, 5.41) is 8.76. The highest BCUT2D eigenvalue weighted by atomic mass is 35.5. The van der Waals surface area contributed by atoms with Crippen LogP contribution in [0.4, 0.5) is 0 Å². The highest BCUT2D eigenvalue weighted by Crippen LogP contribution is 2.28. The number of sulfone groups is 1. The molecule has 1 N–H and O–H groups in total. The zero-order valence-corrected chi connectivity index (χ0v) is 17.3. The van der Waals surface area contributed by atoms with E-state index in [0.717, 1.165) is 10.6 Å². The van der Waals surface area contributed by atoms with Gasteiger partial charge in [-0.3, -0.25) is 5.10 Å². The van der Waals surface area contributed by atoms with E-state index in [1.807, 2.05) is 12.1 Å². The molecular weight excluding hydrogens is 431 g/mol. The molecule has 0 aliphatic heterocycles. The van der Waals surface area contributed by atoms with Gasteiger partial charge in [0.25, 0.3) is 0 Å². The maximum atomic E-state index is 12.9. The van der Waals surface area contributed by atoms with Gasteiger partial charge in [0.15, 0.2) is 13.8 Å². The van der Waals surface area contributed by atoms with Gasteiger partial charge in [-0.15, -0.1) is 0 Å². The second-order valence-corrected chi connectivity index (χ2v) is 10.4. The van der Waals surface area contributed by atoms with E-state index in [1.54, 1.807) is 24.3 Å². The van der Waals surface area contributed by atoms with Crippen LogP contribution in [-0.2, 0) is 16.3 Å². The van der Waals surface area contributed by atoms with Crippen molar-refractivity contribution in [2.75, 3.05) is 5.75 Å². The van der Waals surface area contributed by atoms with E-state index in [2.05, 4.69) is 10.2 Å². The van der Waals surface area contributed by atoms with E-state index in [0.29, 0.717) is 20.4 Å². The van der Waals surface area contributed by atoms with Gasteiger partial charge >= 0.3 is 0 Å². The molecule has 2 aromatic carbocycles. The number of nitrogens with zero attached hydrogens (tertiary/aromatic N) is 1. The molecule has 0 fully saturated rings. The predicted octanol–water partition coefficient (Wildman–Crippen LogP) is 5.31. The third kappa shape index (κ3) is 4.92. The highest BCUT2D eigenvalue weighted by Gasteiger charge is 2.24. The molecule has 3 aromatic rings. The maximum Gasteiger partial charge on any atom is 0.178 e. The number of aromatic amines is 1. The van der Waals surface area contributed by atoms with Gasteiger partial charge in [-0.1, -0.05) is 46.7 Å². The molecule has 26 heavy (non-hydrogen) atoms. The fourth-order valence-electron chi connectivity index (χ4n) is 2.57. The lowest BCUT2D eigenvalue weighted by atomic mass is 9.98. The van der Waals surface area contributed by atoms with E-state index in [-0.39, 0.29) is 16.6 Å². The third-order valence-electron chi connectivity index (χ3n) is 3.84. The Morgan fingerprint density at radius 3 is 2.15 bits per heavy atom. The summed E-state index contributed by atoms with van der Waals surface area (Å²) < 4.78 is 26.3. The molecule has 0 saturated heterocycles. The molecule has 0 aliphatic carbocycles. The fraction of sp³-hybridized carbons (Fsp3) is 0.176. The topological polar surface area (TPSA) is 62.8 Å². The largest absolute Gasteiger partial charge is 0.258 e. The molecule has 136 valence electrons. The minimum Gasteiger partial charge on any atom is -0.258 e. The lowest BCUT2D eigenvalue weighted by Gasteiger charge is -2.17. The van der Waals surface area contributed by atoms with Crippen molar-refractivity contribution in [2.45, 2.75) is 17.2 Å². The molecule has 4 nitrogen and oxygen atoms in total. The summed E-state index contributed by atoms with van der Waals surface area (Å²) in [6, 6.07) is 13.4. The molecule has 1 heterocycles. The predicted molar refractivity (Wildman–Crippen MR) is 109 cm³/mol. The molecule has 0 bridgehead atoms. The zero-order valence-electron chi connectivity index (χ0n) is 13.4. The molecule has 0 radical (unpaired) electrons. The van der Waals surface area contributed by atoms with Gasteiger partial charge in [0, 0.05) is 22.4 Å². The Morgan fingerprint density at radius 2 is 1.62 bits per heavy atom. The van der Waals surface area contributed by atoms with Crippen LogP contribution in [0.3, 0.4) is 0 Å². The number of hydrogen-bond acceptors (Lipinski definition) is 5. The first-order valence-electron chi connectivity index (χ1n) is 7.62. The monoisotopic (exact) mass is 444 g/mol. The van der Waals surface area contributed by atoms with Crippen LogP contribution < -0.4 is 0 Å². The van der Waals surface area contributed by atoms with Gasteiger partial charge in [0.1, 0.15) is 5.01 Å². The van der Waals surface area contributed by atoms with Crippen molar-refractivity contribution >= 4 is 56.6 Å². The minimum atomic E-state index is -3.50. The average molecular weight is 445 g/mol. The summed E-state index contributed by atoms with van der Waals surface area (Å²) in [4.78, 5) is 0.246. The lowest BCUT2D eigenvalue weighted by molar-refractivity contribution is 0.586. The number of benzene rings is 2. The SMILES string of the molecule is O=S(=O)(CC(Cc1n[nH]c(=S)s1)c1ccc(Cl)cc1)c1ccc(Cl)cc1. The van der Waals surface area contributed by atoms with Crippen LogP contribution in [0.1, 0.15) is 16.5 Å². The van der Waals surface area contributed by atoms with Crippen LogP contribution in [0, 0.1) is 3.95 Å². The second-order valence-electron chi connectivity index (χ2n) is 5.69. The summed E-state index contributed by atoms with van der Waals surface area (Å²) >= 11 is 18.2. The summed E-state index contributed by atoms with van der Waals surface area (Å²) in [5.41, 5.74) is 0.882. The van der Waals surface area contributed by atoms with Crippen molar-refractivity contribution in [3.63, 3.8) is 0 Å². The Labute approximate surface area is 170 Å². The Kier molecular flexibility index (Phi) is 6.14. The van der Waals surface area contributed by atoms with Crippen molar-refractivity contribution in [1.82, 2.24) is 10.2 Å². The Bertz CT molecular complexity index is 1040. The van der Waals surface area contributed by atoms with Crippen molar-refractivity contribution in [3.8, 4) is 0 Å². The minimum absolute atomic E-state index is 0.0530. The van der Waals surface area contributed by atoms with Gasteiger partial charge in [-0.2, -0.15) is 5.10 Å². The van der Waals surface area contributed by atoms with Crippen LogP contribution in [0.25, 0.3) is 0 Å². The van der Waals surface area contributed by atoms with Crippen LogP contribution in [0.15, 0.2) is 53.4 Å². The highest BCUT2D eigenvalue weighted by molar-refractivity contribution is 7.91. The van der Waals surface area contributed by atoms with Gasteiger partial charge in [-0.05, 0) is 54.2 Å². The maximum absolute atomic E-state index is 12.9. The fourth-order valence-corrected chi connectivity index (χ4v) is 5.42. The van der Waals surface area contributed by atoms with Crippen molar-refractivity contribution < 1.29 is 8.42 Å². The summed E-state index contributed by atoms with van der Waals surface area (Å²) in [7, 11) is -3.50. The Balaban J connectivity index is 1.93. The van der Waals surface area contributed by atoms with E-state index in [4.69, 9.17) is 35.4 Å². The quantitative estimate of drug-likeness (QED) is 0.523. The molecule has 9 heteroatoms. The van der Waals surface area contributed by atoms with Crippen LogP contribution in [0.2, 0.25) is 10.0 Å². The van der Waals surface area contributed by atoms with Gasteiger partial charge in [0.05, 0.1) is 10.6 Å². The van der Waals surface area contributed by atoms with Gasteiger partial charge < -0.3 is 0 Å². The van der Waals surface area contributed by atoms with Crippen molar-refractivity contribution in [2.24, 2.45) is 0 Å². The number of halogens is 2. The zero-order chi connectivity index (χ0) is 18.7. The summed E-state index contributed by atoms with van der Waals surface area (Å²) in [6.45, 7) is 0. The Hall–Kier alpha value is -1.25. The van der Waals surface area contributed by atoms with Crippen LogP contribution >= 0.6 is 46.8 Å². The smallest absolute Gasteiger partial charge is 0.178 e. The summed E-state index contributed by atoms with van der Waals surface area (Å²) in [6.07, 6.45) is 0.465. The lowest BCUT2D eigenvalue weighted by Crippen LogP contribution is -2.17. The molecule has 1 aromatic heterocycles. The molecular formula is C17H14Cl2N2O2S3. The second kappa shape index (κ2) is 8.19. The third-order valence-corrected chi connectivity index (χ3v) is 7.29. The average Bonchev–Trinajstić information content (AvgIpc) is 3.00. The van der Waals surface area contributed by atoms with E-state index < -0.39 is 9.84 Å². The first kappa shape index (κ1) is 19.5. The number of nitrogens with one attached hydrogen (secondary N) is 1. The van der Waals surface area contributed by atoms with Crippen molar-refractivity contribution in [1.29, 1.82) is 0 Å². The van der Waals surface area contributed by atoms with Crippen LogP contribution in [0.5, 0.6) is 0 Å². The molecule has 0 aliphatic rings. The number of H-pyrrole nitrogens is 1. The molecule has 0 amide bonds. The molecule has 3 rings (SSSR count). The Morgan fingerprint density at radius 1 is 1.04 bits per heavy atom. The first-order valence-corrected chi connectivity index (χ1v) is 11.2. The van der Waals surface area contributed by atoms with E-state index in [9.17, 15) is 8.42 Å². The van der Waals surface area contributed by atoms with Gasteiger partial charge in [-0.25, -0.2) is 8.42 Å². The van der Waals surface area contributed by atoms with E-state index >= 15 is 0 Å². The molecule has 1 atom stereocenters. The van der Waals surface area contributed by atoms with Crippen LogP contribution in [-0.4, -0.2) is 24.4 Å². The normalized spacial score (nSPS) is 12.8. The van der Waals surface area contributed by atoms with E-state index in [1.165, 1.54) is 23.5 Å². The molecule has 1 unspecified atom stereocenters. The number of rotatable bonds is 6. The van der Waals surface area contributed by atoms with Gasteiger partial charge in [0.2, 0.25) is 0 Å². The molecule has 0 saturated carbocycles. The molecule has 0 spiro atoms. The number of aromatic nitrogens is 2. The van der Waals surface area contributed by atoms with Crippen molar-refractivity contribution in [3.05, 3.63) is 73.1 Å². The summed E-state index contributed by atoms with van der Waals surface area (Å²) in [5.74, 6) is -0.329.